The van der Waals surface area contributed by atoms with Gasteiger partial charge in [-0.05, 0) is 59.9 Å². The molecular weight excluding hydrogens is 372 g/mol. The standard InChI is InChI=1S/C22H32N2O5/c1-21(2,3)28-19(26)17-13-12-16(15-10-8-7-9-11-15)24(17)18(25)14-23-20(27)29-22(4,5)6/h7-11,16-17H,12-14H2,1-6H3,(H,23,27). The SMILES string of the molecule is CC(C)(C)OC(=O)NCC(=O)N1C(C(=O)OC(C)(C)C)CCC1c1ccccc1. The Morgan fingerprint density at radius 2 is 1.55 bits per heavy atom. The van der Waals surface area contributed by atoms with E-state index in [1.54, 1.807) is 46.4 Å². The van der Waals surface area contributed by atoms with Crippen molar-refractivity contribution in [1.82, 2.24) is 10.2 Å². The van der Waals surface area contributed by atoms with Crippen LogP contribution in [0.5, 0.6) is 0 Å². The van der Waals surface area contributed by atoms with Crippen LogP contribution in [-0.4, -0.2) is 46.7 Å². The highest BCUT2D eigenvalue weighted by molar-refractivity contribution is 5.88. The van der Waals surface area contributed by atoms with Gasteiger partial charge in [0.25, 0.3) is 0 Å². The van der Waals surface area contributed by atoms with Crippen molar-refractivity contribution in [3.05, 3.63) is 35.9 Å². The Hall–Kier alpha value is -2.57. The van der Waals surface area contributed by atoms with Gasteiger partial charge in [-0.1, -0.05) is 30.3 Å². The van der Waals surface area contributed by atoms with E-state index in [0.717, 1.165) is 5.56 Å². The Kier molecular flexibility index (Phi) is 6.93. The van der Waals surface area contributed by atoms with Gasteiger partial charge in [0, 0.05) is 0 Å². The summed E-state index contributed by atoms with van der Waals surface area (Å²) in [5.41, 5.74) is -0.359. The first-order valence-corrected chi connectivity index (χ1v) is 9.93. The summed E-state index contributed by atoms with van der Waals surface area (Å²) < 4.78 is 10.7. The number of nitrogens with one attached hydrogen (secondary N) is 1. The molecule has 1 N–H and O–H groups in total. The first-order chi connectivity index (χ1) is 13.4. The van der Waals surface area contributed by atoms with Crippen LogP contribution in [0.15, 0.2) is 30.3 Å². The van der Waals surface area contributed by atoms with E-state index in [4.69, 9.17) is 9.47 Å². The maximum absolute atomic E-state index is 13.0. The molecule has 29 heavy (non-hydrogen) atoms. The monoisotopic (exact) mass is 404 g/mol. The predicted octanol–water partition coefficient (Wildman–Crippen LogP) is 3.59. The predicted molar refractivity (Wildman–Crippen MR) is 109 cm³/mol. The van der Waals surface area contributed by atoms with Crippen LogP contribution in [0.1, 0.15) is 66.0 Å². The number of rotatable bonds is 4. The van der Waals surface area contributed by atoms with Gasteiger partial charge in [-0.15, -0.1) is 0 Å². The molecule has 0 spiro atoms. The van der Waals surface area contributed by atoms with Gasteiger partial charge in [0.1, 0.15) is 23.8 Å². The minimum absolute atomic E-state index is 0.248. The Bertz CT molecular complexity index is 734. The Morgan fingerprint density at radius 3 is 2.10 bits per heavy atom. The number of esters is 1. The maximum atomic E-state index is 13.0. The van der Waals surface area contributed by atoms with Crippen LogP contribution in [0.25, 0.3) is 0 Å². The molecule has 1 aromatic carbocycles. The van der Waals surface area contributed by atoms with Gasteiger partial charge in [-0.25, -0.2) is 9.59 Å². The first-order valence-electron chi connectivity index (χ1n) is 9.93. The van der Waals surface area contributed by atoms with Gasteiger partial charge in [-0.2, -0.15) is 0 Å². The number of hydrogen-bond acceptors (Lipinski definition) is 5. The quantitative estimate of drug-likeness (QED) is 0.775. The molecule has 2 amide bonds. The lowest BCUT2D eigenvalue weighted by atomic mass is 10.0. The molecule has 1 aliphatic heterocycles. The summed E-state index contributed by atoms with van der Waals surface area (Å²) in [5.74, 6) is -0.778. The average Bonchev–Trinajstić information content (AvgIpc) is 3.03. The normalized spacial score (nSPS) is 19.6. The fraction of sp³-hybridized carbons (Fsp3) is 0.591. The number of amides is 2. The molecule has 2 unspecified atom stereocenters. The van der Waals surface area contributed by atoms with Crippen LogP contribution in [0.4, 0.5) is 4.79 Å². The first kappa shape index (κ1) is 22.7. The fourth-order valence-electron chi connectivity index (χ4n) is 3.32. The summed E-state index contributed by atoms with van der Waals surface area (Å²) >= 11 is 0. The molecule has 1 saturated heterocycles. The highest BCUT2D eigenvalue weighted by Gasteiger charge is 2.43. The minimum Gasteiger partial charge on any atom is -0.458 e. The number of benzene rings is 1. The molecule has 0 aromatic heterocycles. The highest BCUT2D eigenvalue weighted by atomic mass is 16.6. The van der Waals surface area contributed by atoms with Crippen LogP contribution in [-0.2, 0) is 19.1 Å². The second kappa shape index (κ2) is 8.84. The van der Waals surface area contributed by atoms with Gasteiger partial charge in [0.15, 0.2) is 0 Å². The molecule has 2 rings (SSSR count). The molecule has 0 bridgehead atoms. The third kappa shape index (κ3) is 6.76. The largest absolute Gasteiger partial charge is 0.458 e. The van der Waals surface area contributed by atoms with Gasteiger partial charge in [0.2, 0.25) is 5.91 Å². The summed E-state index contributed by atoms with van der Waals surface area (Å²) in [4.78, 5) is 39.3. The summed E-state index contributed by atoms with van der Waals surface area (Å²) in [7, 11) is 0. The third-order valence-corrected chi connectivity index (χ3v) is 4.32. The molecule has 1 aromatic rings. The van der Waals surface area contributed by atoms with Gasteiger partial charge < -0.3 is 19.7 Å². The molecule has 160 valence electrons. The van der Waals surface area contributed by atoms with Crippen molar-refractivity contribution in [2.75, 3.05) is 6.54 Å². The zero-order valence-electron chi connectivity index (χ0n) is 18.2. The lowest BCUT2D eigenvalue weighted by molar-refractivity contribution is -0.164. The molecule has 0 saturated carbocycles. The second-order valence-corrected chi connectivity index (χ2v) is 9.21. The zero-order chi connectivity index (χ0) is 21.8. The van der Waals surface area contributed by atoms with Gasteiger partial charge >= 0.3 is 12.1 Å². The van der Waals surface area contributed by atoms with Crippen molar-refractivity contribution >= 4 is 18.0 Å². The number of carbonyl (C=O) groups excluding carboxylic acids is 3. The lowest BCUT2D eigenvalue weighted by Crippen LogP contribution is -2.48. The molecule has 1 fully saturated rings. The number of carbonyl (C=O) groups is 3. The van der Waals surface area contributed by atoms with Crippen molar-refractivity contribution in [2.45, 2.75) is 77.7 Å². The van der Waals surface area contributed by atoms with E-state index in [-0.39, 0.29) is 18.5 Å². The zero-order valence-corrected chi connectivity index (χ0v) is 18.2. The smallest absolute Gasteiger partial charge is 0.408 e. The molecule has 0 radical (unpaired) electrons. The van der Waals surface area contributed by atoms with E-state index in [2.05, 4.69) is 5.32 Å². The summed E-state index contributed by atoms with van der Waals surface area (Å²) in [6.45, 7) is 10.4. The van der Waals surface area contributed by atoms with Crippen LogP contribution in [0.2, 0.25) is 0 Å². The maximum Gasteiger partial charge on any atom is 0.408 e. The van der Waals surface area contributed by atoms with Crippen molar-refractivity contribution in [3.8, 4) is 0 Å². The van der Waals surface area contributed by atoms with Gasteiger partial charge in [-0.3, -0.25) is 4.79 Å². The van der Waals surface area contributed by atoms with E-state index in [0.29, 0.717) is 12.8 Å². The van der Waals surface area contributed by atoms with E-state index in [9.17, 15) is 14.4 Å². The number of ether oxygens (including phenoxy) is 2. The number of likely N-dealkylation sites (tertiary alicyclic amines) is 1. The van der Waals surface area contributed by atoms with Crippen molar-refractivity contribution in [2.24, 2.45) is 0 Å². The third-order valence-electron chi connectivity index (χ3n) is 4.32. The van der Waals surface area contributed by atoms with Crippen LogP contribution < -0.4 is 5.32 Å². The molecule has 2 atom stereocenters. The summed E-state index contributed by atoms with van der Waals surface area (Å²) in [6.07, 6.45) is 0.480. The lowest BCUT2D eigenvalue weighted by Gasteiger charge is -2.31. The van der Waals surface area contributed by atoms with E-state index in [1.807, 2.05) is 30.3 Å². The fourth-order valence-corrected chi connectivity index (χ4v) is 3.32. The second-order valence-electron chi connectivity index (χ2n) is 9.21. The molecular formula is C22H32N2O5. The molecule has 7 nitrogen and oxygen atoms in total. The van der Waals surface area contributed by atoms with Gasteiger partial charge in [0.05, 0.1) is 6.04 Å². The van der Waals surface area contributed by atoms with Crippen molar-refractivity contribution < 1.29 is 23.9 Å². The number of nitrogens with zero attached hydrogens (tertiary/aromatic N) is 1. The average molecular weight is 405 g/mol. The Labute approximate surface area is 172 Å². The van der Waals surface area contributed by atoms with E-state index in [1.165, 1.54) is 0 Å². The number of hydrogen-bond donors (Lipinski definition) is 1. The van der Waals surface area contributed by atoms with Crippen LogP contribution in [0.3, 0.4) is 0 Å². The van der Waals surface area contributed by atoms with Crippen LogP contribution in [0, 0.1) is 0 Å². The molecule has 7 heteroatoms. The molecule has 1 aliphatic rings. The topological polar surface area (TPSA) is 84.9 Å². The molecule has 1 heterocycles. The minimum atomic E-state index is -0.688. The highest BCUT2D eigenvalue weighted by Crippen LogP contribution is 2.37. The Balaban J connectivity index is 2.17. The summed E-state index contributed by atoms with van der Waals surface area (Å²) in [6, 6.07) is 8.64. The van der Waals surface area contributed by atoms with Crippen molar-refractivity contribution in [3.63, 3.8) is 0 Å². The molecule has 0 aliphatic carbocycles. The van der Waals surface area contributed by atoms with Crippen LogP contribution >= 0.6 is 0 Å². The van der Waals surface area contributed by atoms with E-state index >= 15 is 0 Å². The number of alkyl carbamates (subject to hydrolysis) is 1. The van der Waals surface area contributed by atoms with Crippen molar-refractivity contribution in [1.29, 1.82) is 0 Å². The Morgan fingerprint density at radius 1 is 0.966 bits per heavy atom. The van der Waals surface area contributed by atoms with E-state index < -0.39 is 29.3 Å². The summed E-state index contributed by atoms with van der Waals surface area (Å²) in [5, 5.41) is 2.49.